The van der Waals surface area contributed by atoms with Gasteiger partial charge in [0, 0.05) is 47.6 Å². The molecule has 2 saturated heterocycles. The summed E-state index contributed by atoms with van der Waals surface area (Å²) in [4.78, 5) is 48.0. The van der Waals surface area contributed by atoms with E-state index >= 15 is 0 Å². The Morgan fingerprint density at radius 2 is 1.65 bits per heavy atom. The molecule has 292 valence electrons. The maximum atomic E-state index is 12.7. The molecule has 3 aromatic carbocycles. The lowest BCUT2D eigenvalue weighted by molar-refractivity contribution is -0.134. The van der Waals surface area contributed by atoms with Crippen LogP contribution in [0.3, 0.4) is 0 Å². The molecule has 12 heteroatoms. The van der Waals surface area contributed by atoms with Gasteiger partial charge in [-0.3, -0.25) is 24.8 Å². The third-order valence-electron chi connectivity index (χ3n) is 11.4. The molecule has 2 fully saturated rings. The number of amides is 3. The Morgan fingerprint density at radius 3 is 2.35 bits per heavy atom. The van der Waals surface area contributed by atoms with E-state index < -0.39 is 5.91 Å². The molecule has 0 bridgehead atoms. The van der Waals surface area contributed by atoms with E-state index in [2.05, 4.69) is 102 Å². The second-order valence-electron chi connectivity index (χ2n) is 16.4. The fraction of sp³-hybridized carbons (Fsp3) is 0.356. The zero-order chi connectivity index (χ0) is 39.7. The SMILES string of the molecule is Cc1cc(-c2[nH]nc3ncc(-c4ccc(CCN5CCC(c6ccc([C@@H]7CCC(=O)NC7=O)cc6)CC5)cc4)cc23)ccc1CNC(=O)c1nc(C(C)(C)C)no1. The molecule has 0 spiro atoms. The smallest absolute Gasteiger partial charge is 0.315 e. The monoisotopic (exact) mass is 764 g/mol. The van der Waals surface area contributed by atoms with Crippen LogP contribution >= 0.6 is 0 Å². The second-order valence-corrected chi connectivity index (χ2v) is 16.4. The van der Waals surface area contributed by atoms with Gasteiger partial charge < -0.3 is 14.7 Å². The Hall–Kier alpha value is -6.01. The van der Waals surface area contributed by atoms with Crippen molar-refractivity contribution in [2.24, 2.45) is 0 Å². The van der Waals surface area contributed by atoms with Gasteiger partial charge in [0.15, 0.2) is 11.5 Å². The average Bonchev–Trinajstić information content (AvgIpc) is 3.89. The van der Waals surface area contributed by atoms with Gasteiger partial charge in [0.2, 0.25) is 11.8 Å². The number of nitrogens with one attached hydrogen (secondary N) is 3. The number of H-pyrrole nitrogens is 1. The average molecular weight is 765 g/mol. The molecule has 0 saturated carbocycles. The lowest BCUT2D eigenvalue weighted by Crippen LogP contribution is -2.39. The van der Waals surface area contributed by atoms with Crippen LogP contribution in [-0.4, -0.2) is 67.6 Å². The van der Waals surface area contributed by atoms with Crippen LogP contribution in [0.4, 0.5) is 0 Å². The molecule has 3 aromatic heterocycles. The standard InChI is InChI=1S/C45H48N8O4/c1-27-23-33(13-14-34(27)25-47-42(56)43-49-44(52-57-43)45(2,3)4)39-37-24-35(26-46-40(37)51-50-39)30-7-5-28(6-8-30)17-20-53-21-18-31(19-22-53)29-9-11-32(12-10-29)36-15-16-38(54)48-41(36)55/h5-14,23-24,26,31,36H,15-22,25H2,1-4H3,(H,47,56)(H,46,50,51)(H,48,54,55)/t36-/m0/s1. The number of fused-ring (bicyclic) bond motifs is 1. The van der Waals surface area contributed by atoms with E-state index in [1.807, 2.05) is 46.0 Å². The first-order valence-corrected chi connectivity index (χ1v) is 19.8. The Balaban J connectivity index is 0.846. The number of rotatable bonds is 10. The van der Waals surface area contributed by atoms with E-state index in [1.165, 1.54) is 11.1 Å². The van der Waals surface area contributed by atoms with Gasteiger partial charge >= 0.3 is 11.8 Å². The van der Waals surface area contributed by atoms with E-state index in [9.17, 15) is 14.4 Å². The number of nitrogens with zero attached hydrogens (tertiary/aromatic N) is 5. The number of hydrogen-bond acceptors (Lipinski definition) is 9. The summed E-state index contributed by atoms with van der Waals surface area (Å²) in [5.41, 5.74) is 9.98. The van der Waals surface area contributed by atoms with Crippen LogP contribution in [0, 0.1) is 6.92 Å². The molecule has 6 aromatic rings. The number of benzene rings is 3. The van der Waals surface area contributed by atoms with Crippen molar-refractivity contribution in [3.05, 3.63) is 119 Å². The molecule has 5 heterocycles. The van der Waals surface area contributed by atoms with Gasteiger partial charge in [-0.1, -0.05) is 86.6 Å². The Bertz CT molecular complexity index is 2420. The molecule has 3 N–H and O–H groups in total. The van der Waals surface area contributed by atoms with Crippen LogP contribution in [-0.2, 0) is 28.0 Å². The molecule has 3 amide bonds. The molecule has 0 unspecified atom stereocenters. The van der Waals surface area contributed by atoms with E-state index in [4.69, 9.17) is 4.52 Å². The van der Waals surface area contributed by atoms with Gasteiger partial charge in [-0.2, -0.15) is 10.1 Å². The maximum absolute atomic E-state index is 12.7. The third kappa shape index (κ3) is 8.41. The zero-order valence-corrected chi connectivity index (χ0v) is 32.9. The number of imide groups is 1. The minimum absolute atomic E-state index is 0.0430. The van der Waals surface area contributed by atoms with Crippen LogP contribution in [0.1, 0.15) is 103 Å². The molecule has 1 atom stereocenters. The van der Waals surface area contributed by atoms with Crippen molar-refractivity contribution in [1.29, 1.82) is 0 Å². The number of pyridine rings is 1. The number of piperidine rings is 2. The predicted octanol–water partition coefficient (Wildman–Crippen LogP) is 7.15. The summed E-state index contributed by atoms with van der Waals surface area (Å²) in [7, 11) is 0. The summed E-state index contributed by atoms with van der Waals surface area (Å²) in [5, 5.41) is 17.9. The first-order chi connectivity index (χ1) is 27.5. The Labute approximate surface area is 331 Å². The number of carbonyl (C=O) groups excluding carboxylic acids is 3. The molecule has 8 rings (SSSR count). The quantitative estimate of drug-likeness (QED) is 0.123. The fourth-order valence-corrected chi connectivity index (χ4v) is 7.85. The number of likely N-dealkylation sites (tertiary alicyclic amines) is 1. The highest BCUT2D eigenvalue weighted by atomic mass is 16.5. The highest BCUT2D eigenvalue weighted by Gasteiger charge is 2.29. The molecule has 2 aliphatic rings. The summed E-state index contributed by atoms with van der Waals surface area (Å²) < 4.78 is 5.19. The number of aromatic nitrogens is 5. The summed E-state index contributed by atoms with van der Waals surface area (Å²) in [6.45, 7) is 11.4. The van der Waals surface area contributed by atoms with Crippen LogP contribution in [0.2, 0.25) is 0 Å². The molecule has 57 heavy (non-hydrogen) atoms. The maximum Gasteiger partial charge on any atom is 0.315 e. The number of carbonyl (C=O) groups is 3. The summed E-state index contributed by atoms with van der Waals surface area (Å²) in [6.07, 6.45) is 6.07. The van der Waals surface area contributed by atoms with Gasteiger partial charge in [0.1, 0.15) is 0 Å². The zero-order valence-electron chi connectivity index (χ0n) is 32.9. The number of aryl methyl sites for hydroxylation is 1. The van der Waals surface area contributed by atoms with E-state index in [0.717, 1.165) is 83.4 Å². The van der Waals surface area contributed by atoms with Gasteiger partial charge in [-0.15, -0.1) is 0 Å². The van der Waals surface area contributed by atoms with Crippen LogP contribution < -0.4 is 10.6 Å². The molecule has 0 aliphatic carbocycles. The molecular formula is C45H48N8O4. The molecule has 12 nitrogen and oxygen atoms in total. The number of hydrogen-bond donors (Lipinski definition) is 3. The lowest BCUT2D eigenvalue weighted by atomic mass is 9.86. The predicted molar refractivity (Wildman–Crippen MR) is 217 cm³/mol. The highest BCUT2D eigenvalue weighted by molar-refractivity contribution is 6.01. The van der Waals surface area contributed by atoms with Crippen molar-refractivity contribution in [2.45, 2.75) is 83.6 Å². The van der Waals surface area contributed by atoms with Crippen molar-refractivity contribution in [2.75, 3.05) is 19.6 Å². The van der Waals surface area contributed by atoms with Gasteiger partial charge in [0.05, 0.1) is 11.6 Å². The molecule has 2 aliphatic heterocycles. The lowest BCUT2D eigenvalue weighted by Gasteiger charge is -2.32. The van der Waals surface area contributed by atoms with Crippen LogP contribution in [0.15, 0.2) is 83.5 Å². The van der Waals surface area contributed by atoms with Crippen molar-refractivity contribution >= 4 is 28.8 Å². The van der Waals surface area contributed by atoms with Crippen molar-refractivity contribution < 1.29 is 18.9 Å². The third-order valence-corrected chi connectivity index (χ3v) is 11.4. The van der Waals surface area contributed by atoms with Gasteiger partial charge in [-0.25, -0.2) is 4.98 Å². The van der Waals surface area contributed by atoms with Crippen molar-refractivity contribution in [3.63, 3.8) is 0 Å². The van der Waals surface area contributed by atoms with E-state index in [1.54, 1.807) is 0 Å². The Morgan fingerprint density at radius 1 is 0.912 bits per heavy atom. The summed E-state index contributed by atoms with van der Waals surface area (Å²) in [6, 6.07) is 25.5. The summed E-state index contributed by atoms with van der Waals surface area (Å²) >= 11 is 0. The minimum Gasteiger partial charge on any atom is -0.344 e. The van der Waals surface area contributed by atoms with E-state index in [-0.39, 0.29) is 29.0 Å². The summed E-state index contributed by atoms with van der Waals surface area (Å²) in [5.74, 6) is -0.0313. The normalized spacial score (nSPS) is 16.9. The molecule has 0 radical (unpaired) electrons. The van der Waals surface area contributed by atoms with Crippen molar-refractivity contribution in [1.82, 2.24) is 40.9 Å². The van der Waals surface area contributed by atoms with Gasteiger partial charge in [-0.05, 0) is 97.1 Å². The first-order valence-electron chi connectivity index (χ1n) is 19.8. The fourth-order valence-electron chi connectivity index (χ4n) is 7.85. The van der Waals surface area contributed by atoms with Gasteiger partial charge in [0.25, 0.3) is 0 Å². The van der Waals surface area contributed by atoms with Crippen LogP contribution in [0.5, 0.6) is 0 Å². The van der Waals surface area contributed by atoms with Crippen LogP contribution in [0.25, 0.3) is 33.4 Å². The second kappa shape index (κ2) is 15.9. The molecular weight excluding hydrogens is 717 g/mol. The first kappa shape index (κ1) is 37.9. The topological polar surface area (TPSA) is 159 Å². The largest absolute Gasteiger partial charge is 0.344 e. The minimum atomic E-state index is -0.404. The van der Waals surface area contributed by atoms with E-state index in [0.29, 0.717) is 36.8 Å². The Kier molecular flexibility index (Phi) is 10.5. The highest BCUT2D eigenvalue weighted by Crippen LogP contribution is 2.33. The van der Waals surface area contributed by atoms with Crippen molar-refractivity contribution in [3.8, 4) is 22.4 Å². The number of aromatic amines is 1.